The van der Waals surface area contributed by atoms with Crippen molar-refractivity contribution in [1.82, 2.24) is 35.0 Å². The number of pyridine rings is 2. The number of H-pyrrole nitrogens is 1. The van der Waals surface area contributed by atoms with Crippen LogP contribution in [0.25, 0.3) is 44.8 Å². The quantitative estimate of drug-likeness (QED) is 0.382. The van der Waals surface area contributed by atoms with Crippen LogP contribution in [0.2, 0.25) is 5.02 Å². The summed E-state index contributed by atoms with van der Waals surface area (Å²) in [6.07, 6.45) is 5.26. The molecule has 6 rings (SSSR count). The van der Waals surface area contributed by atoms with Gasteiger partial charge in [-0.3, -0.25) is 10.1 Å². The molecule has 1 aromatic carbocycles. The van der Waals surface area contributed by atoms with E-state index < -0.39 is 11.6 Å². The molecule has 0 saturated carbocycles. The third-order valence-electron chi connectivity index (χ3n) is 5.76. The van der Waals surface area contributed by atoms with Gasteiger partial charge in [0.15, 0.2) is 0 Å². The van der Waals surface area contributed by atoms with E-state index >= 15 is 0 Å². The number of fused-ring (bicyclic) bond motifs is 2. The lowest BCUT2D eigenvalue weighted by atomic mass is 10.0. The van der Waals surface area contributed by atoms with Gasteiger partial charge in [0.25, 0.3) is 0 Å². The maximum atomic E-state index is 14.5. The lowest BCUT2D eigenvalue weighted by Crippen LogP contribution is -2.27. The molecule has 0 atom stereocenters. The van der Waals surface area contributed by atoms with Crippen molar-refractivity contribution in [2.75, 3.05) is 6.54 Å². The van der Waals surface area contributed by atoms with Crippen LogP contribution in [0.1, 0.15) is 5.69 Å². The van der Waals surface area contributed by atoms with E-state index in [0.717, 1.165) is 48.2 Å². The van der Waals surface area contributed by atoms with E-state index in [1.165, 1.54) is 6.07 Å². The third-order valence-corrected chi connectivity index (χ3v) is 6.05. The number of benzene rings is 1. The highest BCUT2D eigenvalue weighted by Gasteiger charge is 2.19. The van der Waals surface area contributed by atoms with Gasteiger partial charge in [0.1, 0.15) is 17.3 Å². The fourth-order valence-electron chi connectivity index (χ4n) is 4.11. The van der Waals surface area contributed by atoms with Crippen LogP contribution in [0, 0.1) is 11.6 Å². The second-order valence-electron chi connectivity index (χ2n) is 7.76. The number of hydrogen-bond acceptors (Lipinski definition) is 5. The predicted molar refractivity (Wildman–Crippen MR) is 120 cm³/mol. The van der Waals surface area contributed by atoms with Gasteiger partial charge in [0, 0.05) is 54.8 Å². The van der Waals surface area contributed by atoms with Crippen LogP contribution in [0.4, 0.5) is 8.78 Å². The molecule has 2 N–H and O–H groups in total. The van der Waals surface area contributed by atoms with Crippen molar-refractivity contribution in [3.05, 3.63) is 71.4 Å². The molecule has 1 aliphatic heterocycles. The van der Waals surface area contributed by atoms with Crippen molar-refractivity contribution in [2.45, 2.75) is 13.1 Å². The zero-order chi connectivity index (χ0) is 22.5. The van der Waals surface area contributed by atoms with E-state index in [0.29, 0.717) is 22.5 Å². The molecular weight excluding hydrogens is 448 g/mol. The maximum absolute atomic E-state index is 14.5. The summed E-state index contributed by atoms with van der Waals surface area (Å²) in [6, 6.07) is 7.55. The number of hydrogen-bond donors (Lipinski definition) is 2. The van der Waals surface area contributed by atoms with Crippen molar-refractivity contribution in [1.29, 1.82) is 0 Å². The van der Waals surface area contributed by atoms with E-state index in [1.807, 2.05) is 18.5 Å². The van der Waals surface area contributed by atoms with E-state index in [9.17, 15) is 8.78 Å². The number of aromatic amines is 1. The molecule has 33 heavy (non-hydrogen) atoms. The van der Waals surface area contributed by atoms with Crippen LogP contribution in [-0.4, -0.2) is 36.3 Å². The van der Waals surface area contributed by atoms with Crippen LogP contribution in [0.5, 0.6) is 0 Å². The SMILES string of the molecule is Fc1cc(F)c(-c2n[nH]cc2-c2ccc3ncc(-c4ncn5c4CNCC5)cc3n2)cc1Cl. The lowest BCUT2D eigenvalue weighted by Gasteiger charge is -2.16. The molecule has 0 radical (unpaired) electrons. The van der Waals surface area contributed by atoms with Gasteiger partial charge in [-0.15, -0.1) is 0 Å². The average Bonchev–Trinajstić information content (AvgIpc) is 3.48. The van der Waals surface area contributed by atoms with Gasteiger partial charge < -0.3 is 9.88 Å². The minimum absolute atomic E-state index is 0.0866. The van der Waals surface area contributed by atoms with Crippen LogP contribution in [0.15, 0.2) is 49.1 Å². The van der Waals surface area contributed by atoms with Crippen LogP contribution in [0.3, 0.4) is 0 Å². The topological polar surface area (TPSA) is 84.3 Å². The number of aromatic nitrogens is 6. The highest BCUT2D eigenvalue weighted by Crippen LogP contribution is 2.34. The molecule has 0 fully saturated rings. The molecule has 5 heterocycles. The highest BCUT2D eigenvalue weighted by atomic mass is 35.5. The average molecular weight is 464 g/mol. The number of rotatable bonds is 3. The van der Waals surface area contributed by atoms with Gasteiger partial charge in [-0.25, -0.2) is 18.7 Å². The van der Waals surface area contributed by atoms with Crippen molar-refractivity contribution < 1.29 is 8.78 Å². The third kappa shape index (κ3) is 3.37. The Bertz CT molecular complexity index is 1530. The molecule has 0 bridgehead atoms. The zero-order valence-corrected chi connectivity index (χ0v) is 17.9. The molecule has 164 valence electrons. The Balaban J connectivity index is 1.45. The second-order valence-corrected chi connectivity index (χ2v) is 8.17. The largest absolute Gasteiger partial charge is 0.332 e. The highest BCUT2D eigenvalue weighted by molar-refractivity contribution is 6.31. The molecule has 0 amide bonds. The number of nitrogens with one attached hydrogen (secondary N) is 2. The number of nitrogens with zero attached hydrogens (tertiary/aromatic N) is 5. The summed E-state index contributed by atoms with van der Waals surface area (Å²) in [4.78, 5) is 13.9. The van der Waals surface area contributed by atoms with Crippen molar-refractivity contribution in [3.63, 3.8) is 0 Å². The first kappa shape index (κ1) is 20.0. The van der Waals surface area contributed by atoms with E-state index in [2.05, 4.69) is 30.0 Å². The van der Waals surface area contributed by atoms with Gasteiger partial charge in [-0.2, -0.15) is 5.10 Å². The first-order valence-corrected chi connectivity index (χ1v) is 10.7. The molecule has 0 saturated heterocycles. The lowest BCUT2D eigenvalue weighted by molar-refractivity contribution is 0.517. The number of imidazole rings is 1. The molecule has 10 heteroatoms. The molecule has 0 unspecified atom stereocenters. The Morgan fingerprint density at radius 3 is 2.79 bits per heavy atom. The maximum Gasteiger partial charge on any atom is 0.144 e. The van der Waals surface area contributed by atoms with E-state index in [-0.39, 0.29) is 10.6 Å². The minimum Gasteiger partial charge on any atom is -0.332 e. The number of halogens is 3. The summed E-state index contributed by atoms with van der Waals surface area (Å²) in [7, 11) is 0. The Morgan fingerprint density at radius 1 is 0.970 bits per heavy atom. The first-order chi connectivity index (χ1) is 16.1. The van der Waals surface area contributed by atoms with Crippen LogP contribution >= 0.6 is 11.6 Å². The van der Waals surface area contributed by atoms with Crippen molar-refractivity contribution >= 4 is 22.6 Å². The van der Waals surface area contributed by atoms with Crippen LogP contribution < -0.4 is 5.32 Å². The Hall–Kier alpha value is -3.69. The fourth-order valence-corrected chi connectivity index (χ4v) is 4.28. The van der Waals surface area contributed by atoms with Gasteiger partial charge in [0.2, 0.25) is 0 Å². The molecule has 5 aromatic rings. The molecule has 0 spiro atoms. The molecule has 7 nitrogen and oxygen atoms in total. The summed E-state index contributed by atoms with van der Waals surface area (Å²) in [5.41, 5.74) is 5.74. The van der Waals surface area contributed by atoms with Gasteiger partial charge in [0.05, 0.1) is 39.5 Å². The first-order valence-electron chi connectivity index (χ1n) is 10.3. The summed E-state index contributed by atoms with van der Waals surface area (Å²) in [5.74, 6) is -1.58. The van der Waals surface area contributed by atoms with Gasteiger partial charge >= 0.3 is 0 Å². The fraction of sp³-hybridized carbons (Fsp3) is 0.130. The van der Waals surface area contributed by atoms with Crippen molar-refractivity contribution in [3.8, 4) is 33.8 Å². The Kier molecular flexibility index (Phi) is 4.67. The summed E-state index contributed by atoms with van der Waals surface area (Å²) in [5, 5.41) is 10.1. The standard InChI is InChI=1S/C23H16ClF2N7/c24-15-6-13(16(25)7-17(15)26)23-14(9-30-32-23)18-1-2-19-20(31-18)5-12(8-28-19)22-21-10-27-3-4-33(21)11-29-22/h1-2,5-9,11,27H,3-4,10H2,(H,30,32). The van der Waals surface area contributed by atoms with E-state index in [1.54, 1.807) is 18.5 Å². The Labute approximate surface area is 191 Å². The Morgan fingerprint density at radius 2 is 1.88 bits per heavy atom. The van der Waals surface area contributed by atoms with Crippen LogP contribution in [-0.2, 0) is 13.1 Å². The predicted octanol–water partition coefficient (Wildman–Crippen LogP) is 4.59. The summed E-state index contributed by atoms with van der Waals surface area (Å²) < 4.78 is 30.3. The smallest absolute Gasteiger partial charge is 0.144 e. The summed E-state index contributed by atoms with van der Waals surface area (Å²) in [6.45, 7) is 2.53. The monoisotopic (exact) mass is 463 g/mol. The second kappa shape index (κ2) is 7.72. The minimum atomic E-state index is -0.825. The van der Waals surface area contributed by atoms with Crippen molar-refractivity contribution in [2.24, 2.45) is 0 Å². The van der Waals surface area contributed by atoms with Gasteiger partial charge in [-0.1, -0.05) is 11.6 Å². The summed E-state index contributed by atoms with van der Waals surface area (Å²) >= 11 is 5.88. The van der Waals surface area contributed by atoms with E-state index in [4.69, 9.17) is 16.6 Å². The molecule has 0 aliphatic carbocycles. The molecule has 4 aromatic heterocycles. The zero-order valence-electron chi connectivity index (χ0n) is 17.1. The van der Waals surface area contributed by atoms with Gasteiger partial charge in [-0.05, 0) is 24.3 Å². The molecular formula is C23H16ClF2N7. The normalized spacial score (nSPS) is 13.4. The molecule has 1 aliphatic rings.